The maximum Gasteiger partial charge on any atom is 0.337 e. The lowest BCUT2D eigenvalue weighted by molar-refractivity contribution is -0.123. The lowest BCUT2D eigenvalue weighted by Crippen LogP contribution is -2.46. The zero-order chi connectivity index (χ0) is 16.8. The summed E-state index contributed by atoms with van der Waals surface area (Å²) < 4.78 is 10.1. The molecule has 1 aromatic rings. The number of carbonyl (C=O) groups excluding carboxylic acids is 2. The Morgan fingerprint density at radius 3 is 2.57 bits per heavy atom. The van der Waals surface area contributed by atoms with E-state index in [0.29, 0.717) is 12.0 Å². The van der Waals surface area contributed by atoms with Crippen LogP contribution >= 0.6 is 0 Å². The monoisotopic (exact) mass is 319 g/mol. The third-order valence-corrected chi connectivity index (χ3v) is 4.49. The largest absolute Gasteiger partial charge is 0.465 e. The smallest absolute Gasteiger partial charge is 0.337 e. The highest BCUT2D eigenvalue weighted by atomic mass is 16.5. The predicted molar refractivity (Wildman–Crippen MR) is 87.6 cm³/mol. The topological polar surface area (TPSA) is 64.6 Å². The van der Waals surface area contributed by atoms with Gasteiger partial charge < -0.3 is 14.8 Å². The molecule has 0 amide bonds. The van der Waals surface area contributed by atoms with Crippen molar-refractivity contribution in [2.24, 2.45) is 0 Å². The normalized spacial score (nSPS) is 22.4. The molecule has 0 unspecified atom stereocenters. The quantitative estimate of drug-likeness (QED) is 0.815. The van der Waals surface area contributed by atoms with Crippen LogP contribution in [0.1, 0.15) is 48.0 Å². The van der Waals surface area contributed by atoms with Gasteiger partial charge in [-0.2, -0.15) is 0 Å². The van der Waals surface area contributed by atoms with Crippen molar-refractivity contribution >= 4 is 11.8 Å². The van der Waals surface area contributed by atoms with E-state index in [4.69, 9.17) is 4.74 Å². The molecule has 0 bridgehead atoms. The Morgan fingerprint density at radius 2 is 1.96 bits per heavy atom. The summed E-state index contributed by atoms with van der Waals surface area (Å²) >= 11 is 0. The van der Waals surface area contributed by atoms with E-state index in [1.165, 1.54) is 7.11 Å². The van der Waals surface area contributed by atoms with E-state index >= 15 is 0 Å². The summed E-state index contributed by atoms with van der Waals surface area (Å²) in [7, 11) is 3.06. The van der Waals surface area contributed by atoms with E-state index in [0.717, 1.165) is 24.9 Å². The maximum atomic E-state index is 12.5. The summed E-state index contributed by atoms with van der Waals surface area (Å²) in [5.41, 5.74) is 1.57. The second-order valence-corrected chi connectivity index (χ2v) is 6.07. The second kappa shape index (κ2) is 8.22. The highest BCUT2D eigenvalue weighted by Crippen LogP contribution is 2.22. The molecule has 1 heterocycles. The highest BCUT2D eigenvalue weighted by Gasteiger charge is 2.27. The number of ketones is 1. The minimum Gasteiger partial charge on any atom is -0.465 e. The van der Waals surface area contributed by atoms with Crippen LogP contribution in [0, 0.1) is 0 Å². The molecular weight excluding hydrogens is 294 g/mol. The summed E-state index contributed by atoms with van der Waals surface area (Å²) in [5, 5.41) is 3.28. The summed E-state index contributed by atoms with van der Waals surface area (Å²) in [4.78, 5) is 23.9. The second-order valence-electron chi connectivity index (χ2n) is 6.07. The average molecular weight is 319 g/mol. The number of ether oxygens (including phenoxy) is 2. The number of hydrogen-bond donors (Lipinski definition) is 1. The number of piperidine rings is 1. The Morgan fingerprint density at radius 1 is 1.26 bits per heavy atom. The Labute approximate surface area is 137 Å². The van der Waals surface area contributed by atoms with Gasteiger partial charge in [0.1, 0.15) is 5.78 Å². The van der Waals surface area contributed by atoms with Crippen molar-refractivity contribution in [3.8, 4) is 0 Å². The zero-order valence-corrected chi connectivity index (χ0v) is 14.0. The zero-order valence-electron chi connectivity index (χ0n) is 14.0. The van der Waals surface area contributed by atoms with Gasteiger partial charge in [0, 0.05) is 13.5 Å². The lowest BCUT2D eigenvalue weighted by atomic mass is 9.89. The number of Topliss-reactive ketones (excluding diaryl/α,β-unsaturated/α-hetero) is 1. The fourth-order valence-electron chi connectivity index (χ4n) is 2.97. The van der Waals surface area contributed by atoms with Crippen LogP contribution in [0.3, 0.4) is 0 Å². The minimum atomic E-state index is -0.350. The number of methoxy groups -OCH3 is 2. The molecule has 0 spiro atoms. The van der Waals surface area contributed by atoms with Gasteiger partial charge in [0.25, 0.3) is 0 Å². The van der Waals surface area contributed by atoms with Crippen molar-refractivity contribution < 1.29 is 19.1 Å². The van der Waals surface area contributed by atoms with E-state index in [9.17, 15) is 9.59 Å². The van der Waals surface area contributed by atoms with E-state index in [1.54, 1.807) is 19.2 Å². The van der Waals surface area contributed by atoms with Gasteiger partial charge in [0.15, 0.2) is 0 Å². The van der Waals surface area contributed by atoms with Crippen LogP contribution in [0.5, 0.6) is 0 Å². The number of nitrogens with one attached hydrogen (secondary N) is 1. The third kappa shape index (κ3) is 4.62. The first kappa shape index (κ1) is 17.6. The minimum absolute atomic E-state index is 0.110. The molecule has 0 aliphatic carbocycles. The Kier molecular flexibility index (Phi) is 6.30. The molecule has 1 fully saturated rings. The van der Waals surface area contributed by atoms with Crippen LogP contribution in [0.15, 0.2) is 24.3 Å². The van der Waals surface area contributed by atoms with Crippen LogP contribution in [-0.4, -0.2) is 44.7 Å². The van der Waals surface area contributed by atoms with Gasteiger partial charge in [-0.3, -0.25) is 4.79 Å². The molecule has 1 aromatic carbocycles. The van der Waals surface area contributed by atoms with E-state index < -0.39 is 0 Å². The van der Waals surface area contributed by atoms with Crippen LogP contribution in [0.4, 0.5) is 0 Å². The number of esters is 1. The summed E-state index contributed by atoms with van der Waals surface area (Å²) in [6, 6.07) is 7.13. The summed E-state index contributed by atoms with van der Waals surface area (Å²) in [6.45, 7) is 2.85. The van der Waals surface area contributed by atoms with E-state index in [-0.39, 0.29) is 29.8 Å². The number of benzene rings is 1. The molecule has 126 valence electrons. The maximum absolute atomic E-state index is 12.5. The molecule has 1 N–H and O–H groups in total. The van der Waals surface area contributed by atoms with Gasteiger partial charge in [-0.15, -0.1) is 0 Å². The van der Waals surface area contributed by atoms with Crippen LogP contribution < -0.4 is 5.32 Å². The first-order valence-corrected chi connectivity index (χ1v) is 8.02. The molecule has 2 rings (SSSR count). The number of carbonyl (C=O) groups is 2. The van der Waals surface area contributed by atoms with Gasteiger partial charge in [-0.05, 0) is 43.0 Å². The average Bonchev–Trinajstić information content (AvgIpc) is 2.61. The third-order valence-electron chi connectivity index (χ3n) is 4.49. The molecule has 1 aliphatic rings. The fraction of sp³-hybridized carbons (Fsp3) is 0.556. The molecule has 0 radical (unpaired) electrons. The van der Waals surface area contributed by atoms with Crippen molar-refractivity contribution in [3.63, 3.8) is 0 Å². The molecule has 1 aliphatic heterocycles. The molecular formula is C18H25NO4. The molecule has 5 heteroatoms. The van der Waals surface area contributed by atoms with Crippen LogP contribution in [-0.2, 0) is 14.3 Å². The van der Waals surface area contributed by atoms with Crippen molar-refractivity contribution in [3.05, 3.63) is 35.4 Å². The van der Waals surface area contributed by atoms with Crippen molar-refractivity contribution in [2.45, 2.75) is 44.2 Å². The van der Waals surface area contributed by atoms with Crippen LogP contribution in [0.25, 0.3) is 0 Å². The number of rotatable bonds is 6. The molecule has 0 aromatic heterocycles. The standard InChI is InChI=1S/C18H25NO4/c1-12(13-4-6-14(7-5-13)18(21)23-3)10-17(20)16-11-15(22-2)8-9-19-16/h4-7,12,15-16,19H,8-11H2,1-3H3/t12-,15+,16-/m1/s1. The van der Waals surface area contributed by atoms with Gasteiger partial charge in [0.05, 0.1) is 24.8 Å². The van der Waals surface area contributed by atoms with Gasteiger partial charge in [-0.1, -0.05) is 19.1 Å². The summed E-state index contributed by atoms with van der Waals surface area (Å²) in [5.74, 6) is -0.0208. The first-order valence-electron chi connectivity index (χ1n) is 8.02. The Hall–Kier alpha value is -1.72. The molecule has 3 atom stereocenters. The molecule has 0 saturated carbocycles. The van der Waals surface area contributed by atoms with Crippen molar-refractivity contribution in [1.82, 2.24) is 5.32 Å². The predicted octanol–water partition coefficient (Wildman–Crippen LogP) is 2.30. The fourth-order valence-corrected chi connectivity index (χ4v) is 2.97. The highest BCUT2D eigenvalue weighted by molar-refractivity contribution is 5.89. The number of hydrogen-bond acceptors (Lipinski definition) is 5. The lowest BCUT2D eigenvalue weighted by Gasteiger charge is -2.29. The Balaban J connectivity index is 1.94. The van der Waals surface area contributed by atoms with Crippen molar-refractivity contribution in [2.75, 3.05) is 20.8 Å². The van der Waals surface area contributed by atoms with Gasteiger partial charge in [-0.25, -0.2) is 4.79 Å². The van der Waals surface area contributed by atoms with Crippen molar-refractivity contribution in [1.29, 1.82) is 0 Å². The summed E-state index contributed by atoms with van der Waals surface area (Å²) in [6.07, 6.45) is 2.33. The molecule has 5 nitrogen and oxygen atoms in total. The van der Waals surface area contributed by atoms with Crippen LogP contribution in [0.2, 0.25) is 0 Å². The van der Waals surface area contributed by atoms with E-state index in [2.05, 4.69) is 10.1 Å². The van der Waals surface area contributed by atoms with Gasteiger partial charge in [0.2, 0.25) is 0 Å². The van der Waals surface area contributed by atoms with E-state index in [1.807, 2.05) is 19.1 Å². The first-order chi connectivity index (χ1) is 11.0. The SMILES string of the molecule is COC(=O)c1ccc([C@H](C)CC(=O)[C@H]2C[C@@H](OC)CCN2)cc1. The molecule has 23 heavy (non-hydrogen) atoms. The molecule has 1 saturated heterocycles. The Bertz CT molecular complexity index is 540. The van der Waals surface area contributed by atoms with Gasteiger partial charge >= 0.3 is 5.97 Å².